The number of likely N-dealkylation sites (tertiary alicyclic amines) is 1. The van der Waals surface area contributed by atoms with Crippen molar-refractivity contribution in [1.29, 1.82) is 0 Å². The van der Waals surface area contributed by atoms with E-state index in [1.807, 2.05) is 18.2 Å². The summed E-state index contributed by atoms with van der Waals surface area (Å²) in [5, 5.41) is 3.79. The van der Waals surface area contributed by atoms with Gasteiger partial charge in [0.2, 0.25) is 5.91 Å². The zero-order chi connectivity index (χ0) is 17.1. The molecule has 0 saturated carbocycles. The molecule has 6 heteroatoms. The summed E-state index contributed by atoms with van der Waals surface area (Å²) < 4.78 is 0. The summed E-state index contributed by atoms with van der Waals surface area (Å²) in [7, 11) is 0. The van der Waals surface area contributed by atoms with Gasteiger partial charge in [0.25, 0.3) is 0 Å². The minimum atomic E-state index is -0.111. The molecule has 1 amide bonds. The molecule has 1 fully saturated rings. The standard InChI is InChI=1S/C18H19Cl2N3O/c19-13-6-7-17(15(20)8-13)22-18(24)11-23-9-14(16(21)10-23)12-4-2-1-3-5-12/h1-8,14,16H,9-11,21H2,(H,22,24)/t14-,16+/m0/s1. The van der Waals surface area contributed by atoms with Crippen molar-refractivity contribution in [3.63, 3.8) is 0 Å². The summed E-state index contributed by atoms with van der Waals surface area (Å²) in [6.07, 6.45) is 0. The first kappa shape index (κ1) is 17.2. The van der Waals surface area contributed by atoms with Gasteiger partial charge in [0.1, 0.15) is 0 Å². The molecule has 0 spiro atoms. The molecule has 0 bridgehead atoms. The Morgan fingerprint density at radius 1 is 1.17 bits per heavy atom. The minimum Gasteiger partial charge on any atom is -0.326 e. The number of carbonyl (C=O) groups excluding carboxylic acids is 1. The van der Waals surface area contributed by atoms with E-state index in [2.05, 4.69) is 22.3 Å². The number of benzene rings is 2. The predicted molar refractivity (Wildman–Crippen MR) is 98.7 cm³/mol. The first-order valence-electron chi connectivity index (χ1n) is 7.80. The molecule has 0 aliphatic carbocycles. The van der Waals surface area contributed by atoms with Crippen LogP contribution in [0.3, 0.4) is 0 Å². The van der Waals surface area contributed by atoms with Crippen molar-refractivity contribution in [1.82, 2.24) is 4.90 Å². The van der Waals surface area contributed by atoms with Crippen molar-refractivity contribution in [2.24, 2.45) is 5.73 Å². The second-order valence-corrected chi connectivity index (χ2v) is 6.89. The Labute approximate surface area is 151 Å². The summed E-state index contributed by atoms with van der Waals surface area (Å²) in [6, 6.07) is 15.2. The molecule has 1 heterocycles. The van der Waals surface area contributed by atoms with E-state index in [4.69, 9.17) is 28.9 Å². The number of nitrogens with one attached hydrogen (secondary N) is 1. The van der Waals surface area contributed by atoms with E-state index < -0.39 is 0 Å². The molecule has 0 radical (unpaired) electrons. The quantitative estimate of drug-likeness (QED) is 0.875. The second-order valence-electron chi connectivity index (χ2n) is 6.05. The highest BCUT2D eigenvalue weighted by Gasteiger charge is 2.32. The molecule has 2 aromatic rings. The average Bonchev–Trinajstić information content (AvgIpc) is 2.91. The smallest absolute Gasteiger partial charge is 0.238 e. The summed E-state index contributed by atoms with van der Waals surface area (Å²) in [5.74, 6) is 0.137. The number of nitrogens with zero attached hydrogens (tertiary/aromatic N) is 1. The Hall–Kier alpha value is -1.59. The molecule has 4 nitrogen and oxygen atoms in total. The van der Waals surface area contributed by atoms with Crippen molar-refractivity contribution in [2.75, 3.05) is 25.0 Å². The van der Waals surface area contributed by atoms with E-state index in [-0.39, 0.29) is 24.4 Å². The Bertz CT molecular complexity index is 723. The van der Waals surface area contributed by atoms with Gasteiger partial charge < -0.3 is 11.1 Å². The largest absolute Gasteiger partial charge is 0.326 e. The monoisotopic (exact) mass is 363 g/mol. The maximum atomic E-state index is 12.3. The molecule has 1 aliphatic heterocycles. The van der Waals surface area contributed by atoms with Crippen molar-refractivity contribution in [3.8, 4) is 0 Å². The molecular formula is C18H19Cl2N3O. The van der Waals surface area contributed by atoms with Gasteiger partial charge in [-0.1, -0.05) is 53.5 Å². The molecule has 1 saturated heterocycles. The van der Waals surface area contributed by atoms with Gasteiger partial charge in [0, 0.05) is 30.1 Å². The van der Waals surface area contributed by atoms with Crippen LogP contribution < -0.4 is 11.1 Å². The molecule has 3 N–H and O–H groups in total. The molecule has 126 valence electrons. The van der Waals surface area contributed by atoms with Crippen molar-refractivity contribution < 1.29 is 4.79 Å². The van der Waals surface area contributed by atoms with Gasteiger partial charge in [-0.15, -0.1) is 0 Å². The van der Waals surface area contributed by atoms with Crippen molar-refractivity contribution in [2.45, 2.75) is 12.0 Å². The number of carbonyl (C=O) groups is 1. The first-order valence-corrected chi connectivity index (χ1v) is 8.56. The fraction of sp³-hybridized carbons (Fsp3) is 0.278. The molecule has 24 heavy (non-hydrogen) atoms. The van der Waals surface area contributed by atoms with Gasteiger partial charge in [-0.2, -0.15) is 0 Å². The molecular weight excluding hydrogens is 345 g/mol. The fourth-order valence-electron chi connectivity index (χ4n) is 3.08. The maximum Gasteiger partial charge on any atom is 0.238 e. The van der Waals surface area contributed by atoms with Crippen LogP contribution in [0.1, 0.15) is 11.5 Å². The summed E-state index contributed by atoms with van der Waals surface area (Å²) in [6.45, 7) is 1.75. The summed E-state index contributed by atoms with van der Waals surface area (Å²) >= 11 is 11.9. The van der Waals surface area contributed by atoms with Crippen LogP contribution in [-0.4, -0.2) is 36.5 Å². The highest BCUT2D eigenvalue weighted by Crippen LogP contribution is 2.27. The molecule has 2 atom stereocenters. The van der Waals surface area contributed by atoms with E-state index in [0.29, 0.717) is 22.3 Å². The van der Waals surface area contributed by atoms with E-state index in [0.717, 1.165) is 6.54 Å². The van der Waals surface area contributed by atoms with Crippen molar-refractivity contribution >= 4 is 34.8 Å². The van der Waals surface area contributed by atoms with Crippen LogP contribution in [0.2, 0.25) is 10.0 Å². The average molecular weight is 364 g/mol. The van der Waals surface area contributed by atoms with E-state index in [9.17, 15) is 4.79 Å². The zero-order valence-electron chi connectivity index (χ0n) is 13.1. The van der Waals surface area contributed by atoms with Crippen LogP contribution in [0, 0.1) is 0 Å². The van der Waals surface area contributed by atoms with Gasteiger partial charge in [-0.3, -0.25) is 9.69 Å². The Balaban J connectivity index is 1.59. The van der Waals surface area contributed by atoms with Crippen LogP contribution >= 0.6 is 23.2 Å². The van der Waals surface area contributed by atoms with E-state index in [1.54, 1.807) is 18.2 Å². The van der Waals surface area contributed by atoms with Gasteiger partial charge in [-0.05, 0) is 23.8 Å². The SMILES string of the molecule is N[C@@H]1CN(CC(=O)Nc2ccc(Cl)cc2Cl)C[C@H]1c1ccccc1. The van der Waals surface area contributed by atoms with Gasteiger partial charge in [-0.25, -0.2) is 0 Å². The van der Waals surface area contributed by atoms with Gasteiger partial charge in [0.15, 0.2) is 0 Å². The van der Waals surface area contributed by atoms with Gasteiger partial charge >= 0.3 is 0 Å². The molecule has 0 unspecified atom stereocenters. The van der Waals surface area contributed by atoms with Crippen molar-refractivity contribution in [3.05, 3.63) is 64.1 Å². The third-order valence-electron chi connectivity index (χ3n) is 4.24. The van der Waals surface area contributed by atoms with Crippen LogP contribution in [0.25, 0.3) is 0 Å². The lowest BCUT2D eigenvalue weighted by Gasteiger charge is -2.16. The number of nitrogens with two attached hydrogens (primary N) is 1. The third-order valence-corrected chi connectivity index (χ3v) is 4.79. The highest BCUT2D eigenvalue weighted by molar-refractivity contribution is 6.36. The lowest BCUT2D eigenvalue weighted by Crippen LogP contribution is -2.33. The number of halogens is 2. The van der Waals surface area contributed by atoms with E-state index >= 15 is 0 Å². The molecule has 3 rings (SSSR count). The Morgan fingerprint density at radius 2 is 1.92 bits per heavy atom. The summed E-state index contributed by atoms with van der Waals surface area (Å²) in [4.78, 5) is 14.3. The third kappa shape index (κ3) is 4.08. The van der Waals surface area contributed by atoms with Crippen LogP contribution in [0.4, 0.5) is 5.69 Å². The number of hydrogen-bond acceptors (Lipinski definition) is 3. The summed E-state index contributed by atoms with van der Waals surface area (Å²) in [5.41, 5.74) is 8.04. The molecule has 2 aromatic carbocycles. The lowest BCUT2D eigenvalue weighted by molar-refractivity contribution is -0.117. The normalized spacial score (nSPS) is 21.0. The fourth-order valence-corrected chi connectivity index (χ4v) is 3.53. The topological polar surface area (TPSA) is 58.4 Å². The maximum absolute atomic E-state index is 12.3. The minimum absolute atomic E-state index is 0.0271. The van der Waals surface area contributed by atoms with Gasteiger partial charge in [0.05, 0.1) is 17.3 Å². The lowest BCUT2D eigenvalue weighted by atomic mass is 9.95. The highest BCUT2D eigenvalue weighted by atomic mass is 35.5. The van der Waals surface area contributed by atoms with Crippen LogP contribution in [0.5, 0.6) is 0 Å². The number of amides is 1. The first-order chi connectivity index (χ1) is 11.5. The molecule has 0 aromatic heterocycles. The van der Waals surface area contributed by atoms with Crippen LogP contribution in [0.15, 0.2) is 48.5 Å². The van der Waals surface area contributed by atoms with E-state index in [1.165, 1.54) is 5.56 Å². The number of anilines is 1. The zero-order valence-corrected chi connectivity index (χ0v) is 14.6. The second kappa shape index (κ2) is 7.53. The Morgan fingerprint density at radius 3 is 2.62 bits per heavy atom. The number of rotatable bonds is 4. The molecule has 1 aliphatic rings. The van der Waals surface area contributed by atoms with Crippen LogP contribution in [-0.2, 0) is 4.79 Å². The predicted octanol–water partition coefficient (Wildman–Crippen LogP) is 3.36. The Kier molecular flexibility index (Phi) is 5.41. The number of hydrogen-bond donors (Lipinski definition) is 2.